The number of guanidine groups is 1. The molecule has 0 aromatic carbocycles. The Labute approximate surface area is 69.8 Å². The average Bonchev–Trinajstić information content (AvgIpc) is 2.03. The summed E-state index contributed by atoms with van der Waals surface area (Å²) in [7, 11) is 1.17. The summed E-state index contributed by atoms with van der Waals surface area (Å²) in [4.78, 5) is 21.1. The second-order valence-electron chi connectivity index (χ2n) is 1.89. The summed E-state index contributed by atoms with van der Waals surface area (Å²) < 4.78 is 4.19. The van der Waals surface area contributed by atoms with Crippen molar-refractivity contribution in [2.75, 3.05) is 7.11 Å². The first-order chi connectivity index (χ1) is 5.60. The van der Waals surface area contributed by atoms with E-state index in [0.29, 0.717) is 0 Å². The van der Waals surface area contributed by atoms with Crippen LogP contribution in [0.25, 0.3) is 0 Å². The molecule has 0 aliphatic heterocycles. The number of methoxy groups -OCH3 is 1. The normalized spacial score (nSPS) is 8.50. The highest BCUT2D eigenvalue weighted by Crippen LogP contribution is 1.75. The molecule has 0 aromatic heterocycles. The molecule has 0 rings (SSSR count). The van der Waals surface area contributed by atoms with Gasteiger partial charge in [0.1, 0.15) is 0 Å². The van der Waals surface area contributed by atoms with Gasteiger partial charge in [-0.05, 0) is 0 Å². The Hall–Kier alpha value is -1.59. The number of nitrogens with one attached hydrogen (secondary N) is 3. The van der Waals surface area contributed by atoms with E-state index in [1.54, 1.807) is 6.92 Å². The standard InChI is InChI=1S/C6H11N3O3/c1-3-4(10)8-5(7)9-6(11)12-2/h3H2,1-2H3,(H3,7,8,9,10,11). The van der Waals surface area contributed by atoms with Crippen molar-refractivity contribution in [2.24, 2.45) is 0 Å². The summed E-state index contributed by atoms with van der Waals surface area (Å²) in [6.07, 6.45) is -0.526. The van der Waals surface area contributed by atoms with Crippen molar-refractivity contribution in [3.63, 3.8) is 0 Å². The summed E-state index contributed by atoms with van der Waals surface area (Å²) in [6, 6.07) is 0. The van der Waals surface area contributed by atoms with E-state index >= 15 is 0 Å². The largest absolute Gasteiger partial charge is 0.453 e. The van der Waals surface area contributed by atoms with Gasteiger partial charge in [0, 0.05) is 6.42 Å². The molecule has 0 spiro atoms. The molecule has 0 atom stereocenters. The predicted molar refractivity (Wildman–Crippen MR) is 41.7 cm³/mol. The number of hydrogen-bond acceptors (Lipinski definition) is 4. The van der Waals surface area contributed by atoms with Gasteiger partial charge < -0.3 is 4.74 Å². The smallest absolute Gasteiger partial charge is 0.413 e. The van der Waals surface area contributed by atoms with Gasteiger partial charge >= 0.3 is 6.09 Å². The summed E-state index contributed by atoms with van der Waals surface area (Å²) in [5.74, 6) is -0.717. The van der Waals surface area contributed by atoms with Crippen LogP contribution < -0.4 is 10.6 Å². The van der Waals surface area contributed by atoms with Crippen molar-refractivity contribution in [3.8, 4) is 0 Å². The third kappa shape index (κ3) is 4.26. The number of amides is 2. The van der Waals surface area contributed by atoms with Crippen molar-refractivity contribution >= 4 is 18.0 Å². The highest BCUT2D eigenvalue weighted by atomic mass is 16.5. The van der Waals surface area contributed by atoms with E-state index in [4.69, 9.17) is 5.41 Å². The first-order valence-electron chi connectivity index (χ1n) is 3.33. The van der Waals surface area contributed by atoms with Gasteiger partial charge in [-0.3, -0.25) is 20.8 Å². The van der Waals surface area contributed by atoms with Crippen LogP contribution in [-0.4, -0.2) is 25.1 Å². The van der Waals surface area contributed by atoms with Crippen LogP contribution in [0.3, 0.4) is 0 Å². The van der Waals surface area contributed by atoms with Crippen LogP contribution in [0, 0.1) is 5.41 Å². The molecule has 0 aliphatic rings. The fraction of sp³-hybridized carbons (Fsp3) is 0.500. The van der Waals surface area contributed by atoms with Gasteiger partial charge in [0.2, 0.25) is 11.9 Å². The molecule has 0 fully saturated rings. The maximum atomic E-state index is 10.6. The molecule has 0 bridgehead atoms. The first kappa shape index (κ1) is 10.4. The van der Waals surface area contributed by atoms with E-state index in [-0.39, 0.29) is 18.3 Å². The molecule has 0 unspecified atom stereocenters. The number of alkyl carbamates (subject to hydrolysis) is 1. The van der Waals surface area contributed by atoms with E-state index in [2.05, 4.69) is 10.1 Å². The fourth-order valence-electron chi connectivity index (χ4n) is 0.412. The molecular weight excluding hydrogens is 162 g/mol. The first-order valence-corrected chi connectivity index (χ1v) is 3.33. The van der Waals surface area contributed by atoms with Gasteiger partial charge in [0.25, 0.3) is 0 Å². The third-order valence-corrected chi connectivity index (χ3v) is 0.998. The zero-order valence-electron chi connectivity index (χ0n) is 6.93. The van der Waals surface area contributed by atoms with E-state index in [9.17, 15) is 9.59 Å². The van der Waals surface area contributed by atoms with Crippen molar-refractivity contribution in [2.45, 2.75) is 13.3 Å². The summed E-state index contributed by atoms with van der Waals surface area (Å²) >= 11 is 0. The lowest BCUT2D eigenvalue weighted by atomic mass is 10.5. The fourth-order valence-corrected chi connectivity index (χ4v) is 0.412. The lowest BCUT2D eigenvalue weighted by Crippen LogP contribution is -2.42. The molecule has 0 heterocycles. The quantitative estimate of drug-likeness (QED) is 0.379. The van der Waals surface area contributed by atoms with E-state index in [1.807, 2.05) is 5.32 Å². The molecule has 6 nitrogen and oxygen atoms in total. The van der Waals surface area contributed by atoms with Crippen molar-refractivity contribution in [3.05, 3.63) is 0 Å². The van der Waals surface area contributed by atoms with Crippen LogP contribution >= 0.6 is 0 Å². The predicted octanol–water partition coefficient (Wildman–Crippen LogP) is -0.197. The molecule has 2 amide bonds. The Morgan fingerprint density at radius 1 is 1.42 bits per heavy atom. The van der Waals surface area contributed by atoms with Gasteiger partial charge in [-0.1, -0.05) is 6.92 Å². The van der Waals surface area contributed by atoms with E-state index in [0.717, 1.165) is 0 Å². The van der Waals surface area contributed by atoms with Gasteiger partial charge in [-0.15, -0.1) is 0 Å². The Morgan fingerprint density at radius 3 is 2.42 bits per heavy atom. The molecule has 0 radical (unpaired) electrons. The zero-order valence-corrected chi connectivity index (χ0v) is 6.93. The zero-order chi connectivity index (χ0) is 9.56. The minimum Gasteiger partial charge on any atom is -0.453 e. The second-order valence-corrected chi connectivity index (χ2v) is 1.89. The molecule has 0 saturated heterocycles. The van der Waals surface area contributed by atoms with Crippen LogP contribution in [0.2, 0.25) is 0 Å². The number of rotatable bonds is 1. The summed E-state index contributed by atoms with van der Waals surface area (Å²) in [5, 5.41) is 11.1. The Balaban J connectivity index is 3.74. The number of hydrogen-bond donors (Lipinski definition) is 3. The van der Waals surface area contributed by atoms with Gasteiger partial charge in [0.15, 0.2) is 0 Å². The van der Waals surface area contributed by atoms with Crippen LogP contribution in [0.15, 0.2) is 0 Å². The van der Waals surface area contributed by atoms with Crippen LogP contribution in [-0.2, 0) is 9.53 Å². The highest BCUT2D eigenvalue weighted by molar-refractivity contribution is 6.01. The molecule has 12 heavy (non-hydrogen) atoms. The Morgan fingerprint density at radius 2 is 2.00 bits per heavy atom. The molecule has 0 aliphatic carbocycles. The lowest BCUT2D eigenvalue weighted by Gasteiger charge is -2.05. The molecule has 6 heteroatoms. The van der Waals surface area contributed by atoms with Crippen molar-refractivity contribution in [1.82, 2.24) is 10.6 Å². The number of carbonyl (C=O) groups excluding carboxylic acids is 2. The van der Waals surface area contributed by atoms with Gasteiger partial charge in [-0.2, -0.15) is 0 Å². The van der Waals surface area contributed by atoms with E-state index < -0.39 is 6.09 Å². The molecule has 3 N–H and O–H groups in total. The lowest BCUT2D eigenvalue weighted by molar-refractivity contribution is -0.119. The maximum Gasteiger partial charge on any atom is 0.413 e. The second kappa shape index (κ2) is 5.11. The number of ether oxygens (including phenoxy) is 1. The molecule has 68 valence electrons. The molecular formula is C6H11N3O3. The highest BCUT2D eigenvalue weighted by Gasteiger charge is 2.05. The van der Waals surface area contributed by atoms with Crippen LogP contribution in [0.1, 0.15) is 13.3 Å². The maximum absolute atomic E-state index is 10.6. The number of carbonyl (C=O) groups is 2. The average molecular weight is 173 g/mol. The van der Waals surface area contributed by atoms with Crippen LogP contribution in [0.5, 0.6) is 0 Å². The van der Waals surface area contributed by atoms with Gasteiger partial charge in [0.05, 0.1) is 7.11 Å². The molecule has 0 saturated carbocycles. The minimum atomic E-state index is -0.781. The van der Waals surface area contributed by atoms with Crippen LogP contribution in [0.4, 0.5) is 4.79 Å². The summed E-state index contributed by atoms with van der Waals surface area (Å²) in [6.45, 7) is 1.64. The van der Waals surface area contributed by atoms with Crippen molar-refractivity contribution in [1.29, 1.82) is 5.41 Å². The Bertz CT molecular complexity index is 182. The van der Waals surface area contributed by atoms with Gasteiger partial charge in [-0.25, -0.2) is 4.79 Å². The van der Waals surface area contributed by atoms with E-state index in [1.165, 1.54) is 7.11 Å². The topological polar surface area (TPSA) is 91.3 Å². The summed E-state index contributed by atoms with van der Waals surface area (Å²) in [5.41, 5.74) is 0. The van der Waals surface area contributed by atoms with Crippen molar-refractivity contribution < 1.29 is 14.3 Å². The molecule has 0 aromatic rings. The SMILES string of the molecule is CCC(=O)NC(=N)NC(=O)OC. The monoisotopic (exact) mass is 173 g/mol. The Kier molecular flexibility index (Phi) is 4.43. The minimum absolute atomic E-state index is 0.255. The third-order valence-electron chi connectivity index (χ3n) is 0.998.